The lowest BCUT2D eigenvalue weighted by Crippen LogP contribution is -2.27. The van der Waals surface area contributed by atoms with Gasteiger partial charge in [-0.05, 0) is 50.5 Å². The van der Waals surface area contributed by atoms with Gasteiger partial charge in [-0.1, -0.05) is 0 Å². The number of hydrogen-bond donors (Lipinski definition) is 3. The summed E-state index contributed by atoms with van der Waals surface area (Å²) in [4.78, 5) is 13.9. The number of rotatable bonds is 7. The van der Waals surface area contributed by atoms with Crippen LogP contribution < -0.4 is 16.0 Å². The molecule has 162 valence electrons. The van der Waals surface area contributed by atoms with Crippen LogP contribution in [0.1, 0.15) is 36.3 Å². The second kappa shape index (κ2) is 9.03. The summed E-state index contributed by atoms with van der Waals surface area (Å²) in [5.41, 5.74) is 4.33. The second-order valence-corrected chi connectivity index (χ2v) is 8.11. The van der Waals surface area contributed by atoms with Gasteiger partial charge in [0, 0.05) is 62.0 Å². The molecule has 5 rings (SSSR count). The molecular formula is C23H29N7O. The molecule has 31 heavy (non-hydrogen) atoms. The molecule has 3 N–H and O–H groups in total. The molecule has 3 aromatic rings. The predicted octanol–water partition coefficient (Wildman–Crippen LogP) is 3.34. The first-order valence-electron chi connectivity index (χ1n) is 11.1. The van der Waals surface area contributed by atoms with E-state index in [2.05, 4.69) is 37.6 Å². The van der Waals surface area contributed by atoms with Gasteiger partial charge in [-0.15, -0.1) is 0 Å². The minimum Gasteiger partial charge on any atom is -0.378 e. The van der Waals surface area contributed by atoms with Crippen molar-refractivity contribution in [2.24, 2.45) is 0 Å². The van der Waals surface area contributed by atoms with Crippen LogP contribution in [-0.4, -0.2) is 45.3 Å². The fourth-order valence-corrected chi connectivity index (χ4v) is 4.25. The van der Waals surface area contributed by atoms with Crippen LogP contribution in [0.3, 0.4) is 0 Å². The van der Waals surface area contributed by atoms with E-state index in [1.165, 1.54) is 12.0 Å². The highest BCUT2D eigenvalue weighted by atomic mass is 16.5. The van der Waals surface area contributed by atoms with Crippen LogP contribution in [0.25, 0.3) is 5.69 Å². The molecule has 8 nitrogen and oxygen atoms in total. The number of nitrogens with one attached hydrogen (secondary N) is 3. The van der Waals surface area contributed by atoms with Gasteiger partial charge >= 0.3 is 0 Å². The molecular weight excluding hydrogens is 390 g/mol. The monoisotopic (exact) mass is 419 g/mol. The lowest BCUT2D eigenvalue weighted by Gasteiger charge is -2.21. The number of benzene rings is 1. The lowest BCUT2D eigenvalue weighted by atomic mass is 10.1. The zero-order valence-electron chi connectivity index (χ0n) is 17.9. The van der Waals surface area contributed by atoms with E-state index in [0.717, 1.165) is 74.2 Å². The molecule has 0 amide bonds. The molecule has 2 aliphatic heterocycles. The van der Waals surface area contributed by atoms with Crippen molar-refractivity contribution >= 4 is 17.5 Å². The number of ether oxygens (including phenoxy) is 1. The normalized spacial score (nSPS) is 18.0. The maximum atomic E-state index is 5.75. The van der Waals surface area contributed by atoms with E-state index in [9.17, 15) is 0 Å². The van der Waals surface area contributed by atoms with Crippen molar-refractivity contribution in [3.63, 3.8) is 0 Å². The maximum absolute atomic E-state index is 5.75. The summed E-state index contributed by atoms with van der Waals surface area (Å²) in [6.45, 7) is 5.49. The van der Waals surface area contributed by atoms with Crippen LogP contribution in [0.15, 0.2) is 36.7 Å². The summed E-state index contributed by atoms with van der Waals surface area (Å²) in [6, 6.07) is 8.23. The van der Waals surface area contributed by atoms with Gasteiger partial charge in [0.25, 0.3) is 0 Å². The Morgan fingerprint density at radius 1 is 1.23 bits per heavy atom. The Hall–Kier alpha value is -2.97. The summed E-state index contributed by atoms with van der Waals surface area (Å²) in [6.07, 6.45) is 8.39. The first-order chi connectivity index (χ1) is 15.3. The third-order valence-corrected chi connectivity index (χ3v) is 5.94. The van der Waals surface area contributed by atoms with Gasteiger partial charge in [-0.25, -0.2) is 9.97 Å². The molecule has 1 saturated heterocycles. The van der Waals surface area contributed by atoms with Crippen molar-refractivity contribution in [3.05, 3.63) is 53.7 Å². The van der Waals surface area contributed by atoms with E-state index in [1.54, 1.807) is 0 Å². The maximum Gasteiger partial charge on any atom is 0.229 e. The number of imidazole rings is 1. The van der Waals surface area contributed by atoms with Gasteiger partial charge in [-0.2, -0.15) is 4.98 Å². The van der Waals surface area contributed by atoms with Gasteiger partial charge in [0.15, 0.2) is 0 Å². The quantitative estimate of drug-likeness (QED) is 0.541. The van der Waals surface area contributed by atoms with Crippen molar-refractivity contribution < 1.29 is 4.74 Å². The minimum atomic E-state index is 0.374. The number of fused-ring (bicyclic) bond motifs is 1. The van der Waals surface area contributed by atoms with E-state index in [0.29, 0.717) is 12.1 Å². The Kier molecular flexibility index (Phi) is 5.82. The van der Waals surface area contributed by atoms with E-state index in [1.807, 2.05) is 31.5 Å². The van der Waals surface area contributed by atoms with Crippen molar-refractivity contribution in [1.82, 2.24) is 24.8 Å². The Balaban J connectivity index is 1.32. The highest BCUT2D eigenvalue weighted by Gasteiger charge is 2.19. The number of aryl methyl sites for hydroxylation is 1. The zero-order valence-corrected chi connectivity index (χ0v) is 17.9. The molecule has 1 atom stereocenters. The summed E-state index contributed by atoms with van der Waals surface area (Å²) in [5, 5.41) is 10.4. The van der Waals surface area contributed by atoms with Crippen LogP contribution in [-0.2, 0) is 17.7 Å². The Labute approximate surface area is 182 Å². The molecule has 2 aliphatic rings. The van der Waals surface area contributed by atoms with Crippen molar-refractivity contribution in [1.29, 1.82) is 0 Å². The van der Waals surface area contributed by atoms with Crippen LogP contribution in [0.4, 0.5) is 17.5 Å². The number of aromatic nitrogens is 4. The molecule has 1 aromatic carbocycles. The lowest BCUT2D eigenvalue weighted by molar-refractivity contribution is 0.107. The summed E-state index contributed by atoms with van der Waals surface area (Å²) >= 11 is 0. The van der Waals surface area contributed by atoms with Crippen LogP contribution in [0, 0.1) is 6.92 Å². The highest BCUT2D eigenvalue weighted by molar-refractivity contribution is 5.59. The molecule has 4 heterocycles. The molecule has 2 aromatic heterocycles. The van der Waals surface area contributed by atoms with Gasteiger partial charge in [0.2, 0.25) is 5.95 Å². The molecule has 0 bridgehead atoms. The first kappa shape index (κ1) is 20.0. The van der Waals surface area contributed by atoms with E-state index in [-0.39, 0.29) is 0 Å². The Morgan fingerprint density at radius 2 is 2.13 bits per heavy atom. The molecule has 0 unspecified atom stereocenters. The topological polar surface area (TPSA) is 88.9 Å². The van der Waals surface area contributed by atoms with Gasteiger partial charge in [0.1, 0.15) is 11.6 Å². The standard InChI is InChI=1S/C23H29N7O/c1-16-25-12-13-30(16)18-6-4-17(5-7-18)27-23-28-21-9-10-24-15-20(21)22(29-23)26-11-8-19-3-2-14-31-19/h4-7,12-13,19,24H,2-3,8-11,14-15H2,1H3,(H2,26,27,28,29)/t19-/m0/s1. The average molecular weight is 420 g/mol. The SMILES string of the molecule is Cc1nccn1-c1ccc(Nc2nc3c(c(NCC[C@@H]4CCCO4)n2)CNCC3)cc1. The van der Waals surface area contributed by atoms with Gasteiger partial charge in [0.05, 0.1) is 11.8 Å². The number of anilines is 3. The third-order valence-electron chi connectivity index (χ3n) is 5.94. The Bertz CT molecular complexity index is 1020. The molecule has 8 heteroatoms. The van der Waals surface area contributed by atoms with Crippen molar-refractivity contribution in [3.8, 4) is 5.69 Å². The molecule has 0 aliphatic carbocycles. The van der Waals surface area contributed by atoms with Crippen LogP contribution >= 0.6 is 0 Å². The number of hydrogen-bond acceptors (Lipinski definition) is 7. The van der Waals surface area contributed by atoms with Gasteiger partial charge in [-0.3, -0.25) is 0 Å². The van der Waals surface area contributed by atoms with Crippen molar-refractivity contribution in [2.75, 3.05) is 30.3 Å². The molecule has 0 saturated carbocycles. The molecule has 0 radical (unpaired) electrons. The summed E-state index contributed by atoms with van der Waals surface area (Å²) < 4.78 is 7.80. The highest BCUT2D eigenvalue weighted by Crippen LogP contribution is 2.25. The largest absolute Gasteiger partial charge is 0.378 e. The van der Waals surface area contributed by atoms with Crippen LogP contribution in [0.5, 0.6) is 0 Å². The fourth-order valence-electron chi connectivity index (χ4n) is 4.25. The van der Waals surface area contributed by atoms with E-state index >= 15 is 0 Å². The average Bonchev–Trinajstić information content (AvgIpc) is 3.46. The first-order valence-corrected chi connectivity index (χ1v) is 11.1. The van der Waals surface area contributed by atoms with Crippen molar-refractivity contribution in [2.45, 2.75) is 45.3 Å². The fraction of sp³-hybridized carbons (Fsp3) is 0.435. The van der Waals surface area contributed by atoms with E-state index < -0.39 is 0 Å². The molecule has 0 spiro atoms. The summed E-state index contributed by atoms with van der Waals surface area (Å²) in [5.74, 6) is 2.52. The Morgan fingerprint density at radius 3 is 2.90 bits per heavy atom. The van der Waals surface area contributed by atoms with E-state index in [4.69, 9.17) is 14.7 Å². The predicted molar refractivity (Wildman–Crippen MR) is 121 cm³/mol. The third kappa shape index (κ3) is 4.55. The smallest absolute Gasteiger partial charge is 0.229 e. The summed E-state index contributed by atoms with van der Waals surface area (Å²) in [7, 11) is 0. The van der Waals surface area contributed by atoms with Crippen LogP contribution in [0.2, 0.25) is 0 Å². The zero-order chi connectivity index (χ0) is 21.0. The van der Waals surface area contributed by atoms with Gasteiger partial charge < -0.3 is 25.3 Å². The minimum absolute atomic E-state index is 0.374. The molecule has 1 fully saturated rings. The number of nitrogens with zero attached hydrogens (tertiary/aromatic N) is 4. The second-order valence-electron chi connectivity index (χ2n) is 8.11.